The molecule has 2 amide bonds. The number of halogens is 1. The van der Waals surface area contributed by atoms with Gasteiger partial charge in [0.15, 0.2) is 0 Å². The number of rotatable bonds is 4. The minimum absolute atomic E-state index is 0.0420. The molecular weight excluding hydrogens is 410 g/mol. The second-order valence-electron chi connectivity index (χ2n) is 7.65. The maximum absolute atomic E-state index is 12.8. The number of ether oxygens (including phenoxy) is 1. The molecule has 3 aliphatic rings. The Morgan fingerprint density at radius 1 is 1.15 bits per heavy atom. The molecule has 3 fully saturated rings. The average Bonchev–Trinajstić information content (AvgIpc) is 3.35. The van der Waals surface area contributed by atoms with Crippen molar-refractivity contribution >= 4 is 27.7 Å². The number of hydrogen-bond acceptors (Lipinski definition) is 4. The molecule has 0 aliphatic carbocycles. The van der Waals surface area contributed by atoms with Crippen molar-refractivity contribution in [2.45, 2.75) is 43.9 Å². The smallest absolute Gasteiger partial charge is 0.254 e. The molecular formula is C20H26BrN3O3. The van der Waals surface area contributed by atoms with Crippen LogP contribution in [0.25, 0.3) is 0 Å². The predicted molar refractivity (Wildman–Crippen MR) is 106 cm³/mol. The molecule has 3 atom stereocenters. The molecule has 1 aromatic carbocycles. The Kier molecular flexibility index (Phi) is 5.80. The maximum atomic E-state index is 12.8. The van der Waals surface area contributed by atoms with Crippen molar-refractivity contribution in [1.29, 1.82) is 0 Å². The molecule has 3 unspecified atom stereocenters. The lowest BCUT2D eigenvalue weighted by atomic mass is 10.1. The summed E-state index contributed by atoms with van der Waals surface area (Å²) in [6.45, 7) is 3.92. The topological polar surface area (TPSA) is 61.9 Å². The predicted octanol–water partition coefficient (Wildman–Crippen LogP) is 2.03. The number of fused-ring (bicyclic) bond motifs is 1. The highest BCUT2D eigenvalue weighted by Crippen LogP contribution is 2.23. The Labute approximate surface area is 168 Å². The molecule has 27 heavy (non-hydrogen) atoms. The fourth-order valence-corrected chi connectivity index (χ4v) is 4.65. The molecule has 0 bridgehead atoms. The van der Waals surface area contributed by atoms with Gasteiger partial charge in [-0.3, -0.25) is 14.5 Å². The van der Waals surface area contributed by atoms with Crippen LogP contribution in [0.3, 0.4) is 0 Å². The molecule has 0 aromatic heterocycles. The summed E-state index contributed by atoms with van der Waals surface area (Å²) in [6.07, 6.45) is 4.07. The van der Waals surface area contributed by atoms with Crippen LogP contribution in [0.4, 0.5) is 0 Å². The third kappa shape index (κ3) is 4.20. The lowest BCUT2D eigenvalue weighted by Gasteiger charge is -2.35. The van der Waals surface area contributed by atoms with Gasteiger partial charge in [0.25, 0.3) is 5.91 Å². The summed E-state index contributed by atoms with van der Waals surface area (Å²) < 4.78 is 6.85. The number of benzene rings is 1. The number of morpholine rings is 1. The molecule has 3 aliphatic heterocycles. The second-order valence-corrected chi connectivity index (χ2v) is 8.57. The summed E-state index contributed by atoms with van der Waals surface area (Å²) in [5.41, 5.74) is 0.619. The normalized spacial score (nSPS) is 28.2. The number of nitrogens with one attached hydrogen (secondary N) is 1. The van der Waals surface area contributed by atoms with Gasteiger partial charge in [-0.05, 0) is 56.5 Å². The van der Waals surface area contributed by atoms with Crippen molar-refractivity contribution in [2.75, 3.05) is 32.8 Å². The van der Waals surface area contributed by atoms with Gasteiger partial charge in [-0.15, -0.1) is 0 Å². The van der Waals surface area contributed by atoms with Crippen molar-refractivity contribution in [1.82, 2.24) is 15.1 Å². The van der Waals surface area contributed by atoms with E-state index in [1.54, 1.807) is 17.0 Å². The van der Waals surface area contributed by atoms with Crippen LogP contribution in [0, 0.1) is 0 Å². The molecule has 7 heteroatoms. The van der Waals surface area contributed by atoms with E-state index in [9.17, 15) is 9.59 Å². The van der Waals surface area contributed by atoms with Gasteiger partial charge in [-0.25, -0.2) is 0 Å². The van der Waals surface area contributed by atoms with Crippen LogP contribution < -0.4 is 5.32 Å². The van der Waals surface area contributed by atoms with E-state index in [0.29, 0.717) is 31.1 Å². The van der Waals surface area contributed by atoms with Crippen molar-refractivity contribution in [3.05, 3.63) is 34.3 Å². The molecule has 1 N–H and O–H groups in total. The molecule has 0 spiro atoms. The minimum atomic E-state index is -0.385. The summed E-state index contributed by atoms with van der Waals surface area (Å²) in [6, 6.07) is 7.47. The fourth-order valence-electron chi connectivity index (χ4n) is 4.38. The van der Waals surface area contributed by atoms with E-state index >= 15 is 0 Å². The van der Waals surface area contributed by atoms with E-state index in [1.165, 1.54) is 12.8 Å². The maximum Gasteiger partial charge on any atom is 0.254 e. The van der Waals surface area contributed by atoms with Gasteiger partial charge in [0.05, 0.1) is 12.7 Å². The van der Waals surface area contributed by atoms with E-state index in [0.717, 1.165) is 30.6 Å². The van der Waals surface area contributed by atoms with E-state index in [4.69, 9.17) is 4.74 Å². The van der Waals surface area contributed by atoms with Crippen LogP contribution in [0.1, 0.15) is 36.0 Å². The van der Waals surface area contributed by atoms with Gasteiger partial charge in [0, 0.05) is 35.7 Å². The summed E-state index contributed by atoms with van der Waals surface area (Å²) in [4.78, 5) is 29.7. The number of carbonyl (C=O) groups is 2. The Balaban J connectivity index is 1.32. The first-order chi connectivity index (χ1) is 13.1. The molecule has 3 heterocycles. The summed E-state index contributed by atoms with van der Waals surface area (Å²) in [5, 5.41) is 3.03. The zero-order valence-corrected chi connectivity index (χ0v) is 17.0. The van der Waals surface area contributed by atoms with Gasteiger partial charge < -0.3 is 15.0 Å². The lowest BCUT2D eigenvalue weighted by Crippen LogP contribution is -2.52. The lowest BCUT2D eigenvalue weighted by molar-refractivity contribution is -0.126. The van der Waals surface area contributed by atoms with E-state index in [2.05, 4.69) is 26.1 Å². The van der Waals surface area contributed by atoms with Gasteiger partial charge in [0.2, 0.25) is 5.91 Å². The molecule has 1 aromatic rings. The third-order valence-corrected chi connectivity index (χ3v) is 6.40. The Bertz CT molecular complexity index is 696. The molecule has 0 radical (unpaired) electrons. The number of carbonyl (C=O) groups excluding carboxylic acids is 2. The monoisotopic (exact) mass is 435 g/mol. The van der Waals surface area contributed by atoms with E-state index < -0.39 is 0 Å². The number of likely N-dealkylation sites (tertiary alicyclic amines) is 1. The van der Waals surface area contributed by atoms with Gasteiger partial charge in [0.1, 0.15) is 6.04 Å². The standard InChI is InChI=1S/C20H26BrN3O3/c21-15-7-5-14(6-8-15)20(26)24-10-2-4-18(24)19(25)22-11-17-12-23-9-1-3-16(23)13-27-17/h5-8,16-18H,1-4,9-13H2,(H,22,25). The van der Waals surface area contributed by atoms with Crippen LogP contribution in [-0.4, -0.2) is 72.6 Å². The Morgan fingerprint density at radius 2 is 1.93 bits per heavy atom. The molecule has 0 saturated carbocycles. The first kappa shape index (κ1) is 18.9. The van der Waals surface area contributed by atoms with Gasteiger partial charge >= 0.3 is 0 Å². The van der Waals surface area contributed by atoms with Gasteiger partial charge in [-0.2, -0.15) is 0 Å². The Hall–Kier alpha value is -1.44. The SMILES string of the molecule is O=C(NCC1CN2CCCC2CO1)C1CCCN1C(=O)c1ccc(Br)cc1. The minimum Gasteiger partial charge on any atom is -0.373 e. The molecule has 3 saturated heterocycles. The van der Waals surface area contributed by atoms with Crippen LogP contribution in [0.15, 0.2) is 28.7 Å². The summed E-state index contributed by atoms with van der Waals surface area (Å²) in [5.74, 6) is -0.140. The van der Waals surface area contributed by atoms with Gasteiger partial charge in [-0.1, -0.05) is 15.9 Å². The zero-order valence-electron chi connectivity index (χ0n) is 15.4. The largest absolute Gasteiger partial charge is 0.373 e. The molecule has 4 rings (SSSR count). The van der Waals surface area contributed by atoms with Crippen molar-refractivity contribution in [2.24, 2.45) is 0 Å². The van der Waals surface area contributed by atoms with Crippen LogP contribution in [0.5, 0.6) is 0 Å². The highest BCUT2D eigenvalue weighted by atomic mass is 79.9. The van der Waals surface area contributed by atoms with Crippen molar-refractivity contribution < 1.29 is 14.3 Å². The zero-order chi connectivity index (χ0) is 18.8. The van der Waals surface area contributed by atoms with E-state index in [1.807, 2.05) is 12.1 Å². The summed E-state index contributed by atoms with van der Waals surface area (Å²) in [7, 11) is 0. The highest BCUT2D eigenvalue weighted by Gasteiger charge is 2.36. The first-order valence-electron chi connectivity index (χ1n) is 9.82. The Morgan fingerprint density at radius 3 is 2.74 bits per heavy atom. The van der Waals surface area contributed by atoms with Crippen LogP contribution in [0.2, 0.25) is 0 Å². The van der Waals surface area contributed by atoms with Crippen LogP contribution in [-0.2, 0) is 9.53 Å². The van der Waals surface area contributed by atoms with E-state index in [-0.39, 0.29) is 24.0 Å². The molecule has 146 valence electrons. The fraction of sp³-hybridized carbons (Fsp3) is 0.600. The van der Waals surface area contributed by atoms with Crippen molar-refractivity contribution in [3.63, 3.8) is 0 Å². The number of amides is 2. The third-order valence-electron chi connectivity index (χ3n) is 5.87. The van der Waals surface area contributed by atoms with Crippen molar-refractivity contribution in [3.8, 4) is 0 Å². The number of nitrogens with zero attached hydrogens (tertiary/aromatic N) is 2. The number of hydrogen-bond donors (Lipinski definition) is 1. The highest BCUT2D eigenvalue weighted by molar-refractivity contribution is 9.10. The summed E-state index contributed by atoms with van der Waals surface area (Å²) >= 11 is 3.38. The second kappa shape index (κ2) is 8.29. The van der Waals surface area contributed by atoms with Crippen LogP contribution >= 0.6 is 15.9 Å². The first-order valence-corrected chi connectivity index (χ1v) is 10.6. The average molecular weight is 436 g/mol. The quantitative estimate of drug-likeness (QED) is 0.785. The molecule has 6 nitrogen and oxygen atoms in total.